The van der Waals surface area contributed by atoms with Crippen molar-refractivity contribution in [3.8, 4) is 0 Å². The van der Waals surface area contributed by atoms with Gasteiger partial charge in [-0.05, 0) is 0 Å². The van der Waals surface area contributed by atoms with E-state index >= 15 is 0 Å². The third-order valence-corrected chi connectivity index (χ3v) is 2.44. The largest absolute Gasteiger partial charge is 0.491 e. The van der Waals surface area contributed by atoms with Gasteiger partial charge in [-0.2, -0.15) is 0 Å². The number of ether oxygens (including phenoxy) is 2. The van der Waals surface area contributed by atoms with Crippen molar-refractivity contribution in [3.63, 3.8) is 0 Å². The molecule has 0 spiro atoms. The molecule has 0 atom stereocenters. The fourth-order valence-corrected chi connectivity index (χ4v) is 1.62. The van der Waals surface area contributed by atoms with Crippen LogP contribution in [0.15, 0.2) is 16.6 Å². The summed E-state index contributed by atoms with van der Waals surface area (Å²) in [6, 6.07) is 0. The predicted molar refractivity (Wildman–Crippen MR) is 54.3 cm³/mol. The summed E-state index contributed by atoms with van der Waals surface area (Å²) in [6.45, 7) is 3.30. The van der Waals surface area contributed by atoms with Crippen LogP contribution < -0.4 is 0 Å². The van der Waals surface area contributed by atoms with E-state index in [1.807, 2.05) is 5.01 Å². The summed E-state index contributed by atoms with van der Waals surface area (Å²) >= 11 is 0. The number of hydrogen-bond donors (Lipinski definition) is 1. The molecule has 2 rings (SSSR count). The second-order valence-corrected chi connectivity index (χ2v) is 3.31. The Morgan fingerprint density at radius 2 is 2.20 bits per heavy atom. The average molecular weight is 213 g/mol. The number of rotatable bonds is 2. The molecule has 0 amide bonds. The molecule has 6 nitrogen and oxygen atoms in total. The Morgan fingerprint density at radius 3 is 2.87 bits per heavy atom. The second-order valence-electron chi connectivity index (χ2n) is 3.31. The number of nitrogens with zero attached hydrogens (tertiary/aromatic N) is 3. The molecular weight excluding hydrogens is 198 g/mol. The maximum absolute atomic E-state index is 9.89. The Morgan fingerprint density at radius 1 is 1.47 bits per heavy atom. The molecule has 1 fully saturated rings. The zero-order valence-corrected chi connectivity index (χ0v) is 8.72. The van der Waals surface area contributed by atoms with Gasteiger partial charge in [0.2, 0.25) is 5.88 Å². The lowest BCUT2D eigenvalue weighted by atomic mass is 10.4. The van der Waals surface area contributed by atoms with Crippen molar-refractivity contribution in [3.05, 3.63) is 11.6 Å². The van der Waals surface area contributed by atoms with E-state index in [0.717, 1.165) is 13.1 Å². The molecule has 0 aromatic carbocycles. The van der Waals surface area contributed by atoms with Crippen molar-refractivity contribution < 1.29 is 14.6 Å². The van der Waals surface area contributed by atoms with Crippen LogP contribution in [0.5, 0.6) is 0 Å². The summed E-state index contributed by atoms with van der Waals surface area (Å²) in [5, 5.41) is 13.6. The zero-order chi connectivity index (χ0) is 10.7. The molecule has 6 heteroatoms. The number of allylic oxidation sites excluding steroid dienone is 1. The lowest BCUT2D eigenvalue weighted by Gasteiger charge is -2.37. The number of morpholine rings is 1. The number of aliphatic imine (C=N–C) groups is 1. The van der Waals surface area contributed by atoms with E-state index in [1.165, 1.54) is 13.3 Å². The first-order valence-electron chi connectivity index (χ1n) is 4.90. The van der Waals surface area contributed by atoms with Crippen LogP contribution in [-0.4, -0.2) is 61.4 Å². The molecule has 0 bridgehead atoms. The summed E-state index contributed by atoms with van der Waals surface area (Å²) in [7, 11) is 1.51. The summed E-state index contributed by atoms with van der Waals surface area (Å²) in [4.78, 5) is 4.11. The van der Waals surface area contributed by atoms with Crippen LogP contribution >= 0.6 is 0 Å². The second kappa shape index (κ2) is 4.50. The normalized spacial score (nSPS) is 23.4. The smallest absolute Gasteiger partial charge is 0.248 e. The molecule has 0 aromatic heterocycles. The monoisotopic (exact) mass is 213 g/mol. The van der Waals surface area contributed by atoms with Crippen LogP contribution in [0.4, 0.5) is 0 Å². The van der Waals surface area contributed by atoms with Gasteiger partial charge in [0.1, 0.15) is 6.67 Å². The van der Waals surface area contributed by atoms with Gasteiger partial charge in [-0.25, -0.2) is 5.01 Å². The minimum absolute atomic E-state index is 0.120. The molecule has 0 unspecified atom stereocenters. The van der Waals surface area contributed by atoms with Gasteiger partial charge in [-0.3, -0.25) is 10.0 Å². The molecule has 2 aliphatic heterocycles. The molecule has 1 saturated heterocycles. The molecule has 0 radical (unpaired) electrons. The maximum atomic E-state index is 9.89. The molecule has 1 N–H and O–H groups in total. The van der Waals surface area contributed by atoms with E-state index in [2.05, 4.69) is 4.99 Å². The van der Waals surface area contributed by atoms with E-state index < -0.39 is 0 Å². The van der Waals surface area contributed by atoms with E-state index in [-0.39, 0.29) is 5.88 Å². The fraction of sp³-hybridized carbons (Fsp3) is 0.667. The molecule has 15 heavy (non-hydrogen) atoms. The van der Waals surface area contributed by atoms with Crippen molar-refractivity contribution in [2.45, 2.75) is 0 Å². The summed E-state index contributed by atoms with van der Waals surface area (Å²) in [5.41, 5.74) is 0. The quantitative estimate of drug-likeness (QED) is 0.697. The first kappa shape index (κ1) is 10.3. The highest BCUT2D eigenvalue weighted by atomic mass is 16.5. The summed E-state index contributed by atoms with van der Waals surface area (Å²) in [5.74, 6) is 0.516. The Labute approximate surface area is 88.4 Å². The number of aliphatic hydroxyl groups excluding tert-OH is 1. The van der Waals surface area contributed by atoms with E-state index in [1.54, 1.807) is 5.01 Å². The van der Waals surface area contributed by atoms with E-state index in [4.69, 9.17) is 9.47 Å². The van der Waals surface area contributed by atoms with E-state index in [0.29, 0.717) is 25.6 Å². The van der Waals surface area contributed by atoms with E-state index in [9.17, 15) is 5.11 Å². The highest BCUT2D eigenvalue weighted by Gasteiger charge is 2.24. The van der Waals surface area contributed by atoms with Crippen molar-refractivity contribution in [2.75, 3.05) is 40.1 Å². The first-order valence-corrected chi connectivity index (χ1v) is 4.90. The highest BCUT2D eigenvalue weighted by molar-refractivity contribution is 5.77. The minimum atomic E-state index is 0.120. The number of hydrazine groups is 1. The third-order valence-electron chi connectivity index (χ3n) is 2.44. The molecule has 0 aliphatic carbocycles. The van der Waals surface area contributed by atoms with Crippen LogP contribution in [0.2, 0.25) is 0 Å². The number of hydrogen-bond acceptors (Lipinski definition) is 6. The van der Waals surface area contributed by atoms with Crippen LogP contribution in [0.1, 0.15) is 0 Å². The van der Waals surface area contributed by atoms with Crippen LogP contribution in [0, 0.1) is 0 Å². The van der Waals surface area contributed by atoms with Crippen LogP contribution in [0.25, 0.3) is 0 Å². The number of aliphatic hydroxyl groups is 1. The molecule has 0 aromatic rings. The topological polar surface area (TPSA) is 57.5 Å². The third kappa shape index (κ3) is 2.05. The lowest BCUT2D eigenvalue weighted by molar-refractivity contribution is -0.0942. The van der Waals surface area contributed by atoms with Gasteiger partial charge >= 0.3 is 0 Å². The van der Waals surface area contributed by atoms with Crippen LogP contribution in [-0.2, 0) is 9.47 Å². The average Bonchev–Trinajstić information content (AvgIpc) is 2.30. The Bertz CT molecular complexity index is 284. The van der Waals surface area contributed by atoms with Crippen molar-refractivity contribution in [2.24, 2.45) is 4.99 Å². The van der Waals surface area contributed by atoms with Gasteiger partial charge in [0.05, 0.1) is 26.5 Å². The lowest BCUT2D eigenvalue weighted by Crippen LogP contribution is -2.49. The highest BCUT2D eigenvalue weighted by Crippen LogP contribution is 2.15. The Kier molecular flexibility index (Phi) is 3.08. The number of methoxy groups -OCH3 is 1. The van der Waals surface area contributed by atoms with Crippen molar-refractivity contribution >= 4 is 6.21 Å². The molecule has 2 aliphatic rings. The van der Waals surface area contributed by atoms with Crippen molar-refractivity contribution in [1.29, 1.82) is 0 Å². The standard InChI is InChI=1S/C9H15N3O3/c1-14-8-6-10-7-12(9(8)13)11-2-4-15-5-3-11/h6,13H,2-5,7H2,1H3. The Hall–Kier alpha value is -1.27. The minimum Gasteiger partial charge on any atom is -0.491 e. The summed E-state index contributed by atoms with van der Waals surface area (Å²) < 4.78 is 10.2. The predicted octanol–water partition coefficient (Wildman–Crippen LogP) is -0.0490. The van der Waals surface area contributed by atoms with Crippen molar-refractivity contribution in [1.82, 2.24) is 10.0 Å². The van der Waals surface area contributed by atoms with Gasteiger partial charge in [0, 0.05) is 13.1 Å². The van der Waals surface area contributed by atoms with Gasteiger partial charge in [0.25, 0.3) is 0 Å². The molecule has 2 heterocycles. The molecular formula is C9H15N3O3. The van der Waals surface area contributed by atoms with Gasteiger partial charge in [-0.15, -0.1) is 0 Å². The fourth-order valence-electron chi connectivity index (χ4n) is 1.62. The maximum Gasteiger partial charge on any atom is 0.248 e. The SMILES string of the molecule is COC1=C(O)N(N2CCOCC2)CN=C1. The molecule has 84 valence electrons. The Balaban J connectivity index is 2.09. The summed E-state index contributed by atoms with van der Waals surface area (Å²) in [6.07, 6.45) is 1.53. The van der Waals surface area contributed by atoms with Crippen LogP contribution in [0.3, 0.4) is 0 Å². The molecule has 0 saturated carbocycles. The first-order chi connectivity index (χ1) is 7.33. The zero-order valence-electron chi connectivity index (χ0n) is 8.72. The van der Waals surface area contributed by atoms with Gasteiger partial charge < -0.3 is 14.6 Å². The van der Waals surface area contributed by atoms with Gasteiger partial charge in [0.15, 0.2) is 5.76 Å². The van der Waals surface area contributed by atoms with Gasteiger partial charge in [-0.1, -0.05) is 0 Å².